The molecule has 1 saturated carbocycles. The molecule has 0 saturated heterocycles. The topological polar surface area (TPSA) is 69.9 Å². The van der Waals surface area contributed by atoms with E-state index in [-0.39, 0.29) is 12.1 Å². The van der Waals surface area contributed by atoms with Gasteiger partial charge in [-0.2, -0.15) is 5.10 Å². The Labute approximate surface area is 158 Å². The molecule has 1 aliphatic rings. The Morgan fingerprint density at radius 1 is 1.19 bits per heavy atom. The first-order chi connectivity index (χ1) is 13.1. The lowest BCUT2D eigenvalue weighted by molar-refractivity contribution is 0.0218. The van der Waals surface area contributed by atoms with Gasteiger partial charge in [0, 0.05) is 24.0 Å². The fourth-order valence-corrected chi connectivity index (χ4v) is 3.20. The van der Waals surface area contributed by atoms with Gasteiger partial charge in [0.1, 0.15) is 0 Å². The summed E-state index contributed by atoms with van der Waals surface area (Å²) in [5.74, 6) is 0.552. The van der Waals surface area contributed by atoms with Gasteiger partial charge in [0.15, 0.2) is 11.9 Å². The molecule has 0 bridgehead atoms. The third-order valence-corrected chi connectivity index (χ3v) is 4.72. The molecule has 1 unspecified atom stereocenters. The molecule has 6 heteroatoms. The highest BCUT2D eigenvalue weighted by molar-refractivity contribution is 5.89. The number of carbonyl (C=O) groups excluding carboxylic acids is 1. The standard InChI is InChI=1S/C21H22N4O2/c1-14-11-15(2)25(24-14)13-16-5-3-6-18(12-16)21(26)27-19(17-7-8-17)20-22-9-4-10-23-20/h3-6,9-12,17,19H,7-8,13H2,1-2H3. The molecule has 0 amide bonds. The van der Waals surface area contributed by atoms with E-state index in [4.69, 9.17) is 4.74 Å². The maximum Gasteiger partial charge on any atom is 0.338 e. The second-order valence-corrected chi connectivity index (χ2v) is 7.06. The van der Waals surface area contributed by atoms with Crippen molar-refractivity contribution in [2.45, 2.75) is 39.3 Å². The van der Waals surface area contributed by atoms with Crippen molar-refractivity contribution in [3.8, 4) is 0 Å². The SMILES string of the molecule is Cc1cc(C)n(Cc2cccc(C(=O)OC(c3ncccn3)C3CC3)c2)n1. The highest BCUT2D eigenvalue weighted by Crippen LogP contribution is 2.42. The van der Waals surface area contributed by atoms with E-state index >= 15 is 0 Å². The molecule has 3 aromatic rings. The van der Waals surface area contributed by atoms with Gasteiger partial charge in [0.2, 0.25) is 0 Å². The first-order valence-corrected chi connectivity index (χ1v) is 9.18. The van der Waals surface area contributed by atoms with Crippen LogP contribution in [0.15, 0.2) is 48.8 Å². The largest absolute Gasteiger partial charge is 0.450 e. The summed E-state index contributed by atoms with van der Waals surface area (Å²) in [5.41, 5.74) is 3.62. The van der Waals surface area contributed by atoms with E-state index in [9.17, 15) is 4.79 Å². The minimum absolute atomic E-state index is 0.314. The van der Waals surface area contributed by atoms with Crippen molar-refractivity contribution in [2.75, 3.05) is 0 Å². The van der Waals surface area contributed by atoms with Crippen molar-refractivity contribution < 1.29 is 9.53 Å². The highest BCUT2D eigenvalue weighted by atomic mass is 16.5. The summed E-state index contributed by atoms with van der Waals surface area (Å²) in [4.78, 5) is 21.3. The Bertz CT molecular complexity index is 948. The lowest BCUT2D eigenvalue weighted by Gasteiger charge is -2.16. The first kappa shape index (κ1) is 17.4. The smallest absolute Gasteiger partial charge is 0.338 e. The molecule has 1 fully saturated rings. The number of rotatable bonds is 6. The van der Waals surface area contributed by atoms with Crippen LogP contribution >= 0.6 is 0 Å². The Kier molecular flexibility index (Phi) is 4.71. The van der Waals surface area contributed by atoms with Crippen molar-refractivity contribution in [3.05, 3.63) is 77.1 Å². The predicted molar refractivity (Wildman–Crippen MR) is 100 cm³/mol. The van der Waals surface area contributed by atoms with E-state index in [2.05, 4.69) is 15.1 Å². The normalized spacial score (nSPS) is 14.7. The van der Waals surface area contributed by atoms with Crippen LogP contribution in [-0.2, 0) is 11.3 Å². The van der Waals surface area contributed by atoms with Gasteiger partial charge in [-0.15, -0.1) is 0 Å². The molecule has 0 N–H and O–H groups in total. The second-order valence-electron chi connectivity index (χ2n) is 7.06. The zero-order valence-electron chi connectivity index (χ0n) is 15.5. The molecule has 1 atom stereocenters. The molecule has 138 valence electrons. The van der Waals surface area contributed by atoms with Crippen LogP contribution in [0.4, 0.5) is 0 Å². The fourth-order valence-electron chi connectivity index (χ4n) is 3.20. The fraction of sp³-hybridized carbons (Fsp3) is 0.333. The average Bonchev–Trinajstić information content (AvgIpc) is 3.46. The number of ether oxygens (including phenoxy) is 1. The third kappa shape index (κ3) is 4.05. The number of hydrogen-bond donors (Lipinski definition) is 0. The second kappa shape index (κ2) is 7.31. The van der Waals surface area contributed by atoms with E-state index in [1.54, 1.807) is 24.5 Å². The van der Waals surface area contributed by atoms with Crippen LogP contribution in [0.25, 0.3) is 0 Å². The maximum absolute atomic E-state index is 12.7. The minimum Gasteiger partial charge on any atom is -0.450 e. The number of carbonyl (C=O) groups is 1. The lowest BCUT2D eigenvalue weighted by atomic mass is 10.1. The van der Waals surface area contributed by atoms with Gasteiger partial charge in [-0.3, -0.25) is 4.68 Å². The van der Waals surface area contributed by atoms with Gasteiger partial charge in [-0.25, -0.2) is 14.8 Å². The van der Waals surface area contributed by atoms with Crippen molar-refractivity contribution in [3.63, 3.8) is 0 Å². The van der Waals surface area contributed by atoms with Crippen LogP contribution in [0, 0.1) is 19.8 Å². The predicted octanol–water partition coefficient (Wildman–Crippen LogP) is 3.65. The molecule has 27 heavy (non-hydrogen) atoms. The summed E-state index contributed by atoms with van der Waals surface area (Å²) in [7, 11) is 0. The van der Waals surface area contributed by atoms with E-state index in [0.717, 1.165) is 29.8 Å². The summed E-state index contributed by atoms with van der Waals surface area (Å²) in [6.07, 6.45) is 5.06. The zero-order valence-corrected chi connectivity index (χ0v) is 15.5. The molecule has 2 aromatic heterocycles. The molecular formula is C21H22N4O2. The number of aryl methyl sites for hydroxylation is 2. The van der Waals surface area contributed by atoms with Gasteiger partial charge in [-0.05, 0) is 56.5 Å². The van der Waals surface area contributed by atoms with Crippen molar-refractivity contribution in [1.82, 2.24) is 19.7 Å². The van der Waals surface area contributed by atoms with E-state index in [0.29, 0.717) is 23.9 Å². The molecule has 1 aliphatic carbocycles. The zero-order chi connectivity index (χ0) is 18.8. The van der Waals surface area contributed by atoms with Crippen LogP contribution in [0.3, 0.4) is 0 Å². The lowest BCUT2D eigenvalue weighted by Crippen LogP contribution is -2.16. The first-order valence-electron chi connectivity index (χ1n) is 9.18. The minimum atomic E-state index is -0.377. The van der Waals surface area contributed by atoms with Crippen molar-refractivity contribution in [1.29, 1.82) is 0 Å². The van der Waals surface area contributed by atoms with Crippen molar-refractivity contribution >= 4 is 5.97 Å². The van der Waals surface area contributed by atoms with E-state index < -0.39 is 0 Å². The van der Waals surface area contributed by atoms with Crippen LogP contribution in [0.5, 0.6) is 0 Å². The maximum atomic E-state index is 12.7. The van der Waals surface area contributed by atoms with Gasteiger partial charge >= 0.3 is 5.97 Å². The molecule has 6 nitrogen and oxygen atoms in total. The van der Waals surface area contributed by atoms with Crippen LogP contribution in [0.2, 0.25) is 0 Å². The van der Waals surface area contributed by atoms with Gasteiger partial charge in [-0.1, -0.05) is 12.1 Å². The summed E-state index contributed by atoms with van der Waals surface area (Å²) < 4.78 is 7.73. The van der Waals surface area contributed by atoms with Crippen LogP contribution in [0.1, 0.15) is 52.1 Å². The highest BCUT2D eigenvalue weighted by Gasteiger charge is 2.37. The Morgan fingerprint density at radius 2 is 1.96 bits per heavy atom. The number of hydrogen-bond acceptors (Lipinski definition) is 5. The molecule has 2 heterocycles. The van der Waals surface area contributed by atoms with E-state index in [1.165, 1.54) is 0 Å². The molecule has 4 rings (SSSR count). The number of benzene rings is 1. The summed E-state index contributed by atoms with van der Waals surface area (Å²) in [5, 5.41) is 4.48. The summed E-state index contributed by atoms with van der Waals surface area (Å²) >= 11 is 0. The van der Waals surface area contributed by atoms with E-state index in [1.807, 2.05) is 42.8 Å². The quantitative estimate of drug-likeness (QED) is 0.626. The summed E-state index contributed by atoms with van der Waals surface area (Å²) in [6.45, 7) is 4.62. The van der Waals surface area contributed by atoms with Gasteiger partial charge < -0.3 is 4.74 Å². The van der Waals surface area contributed by atoms with Crippen LogP contribution in [-0.4, -0.2) is 25.7 Å². The van der Waals surface area contributed by atoms with Gasteiger partial charge in [0.05, 0.1) is 17.8 Å². The monoisotopic (exact) mass is 362 g/mol. The van der Waals surface area contributed by atoms with Crippen molar-refractivity contribution in [2.24, 2.45) is 5.92 Å². The molecule has 1 aromatic carbocycles. The molecule has 0 aliphatic heterocycles. The molecular weight excluding hydrogens is 340 g/mol. The van der Waals surface area contributed by atoms with Gasteiger partial charge in [0.25, 0.3) is 0 Å². The Balaban J connectivity index is 1.51. The number of aromatic nitrogens is 4. The average molecular weight is 362 g/mol. The Hall–Kier alpha value is -3.02. The number of esters is 1. The summed E-state index contributed by atoms with van der Waals surface area (Å²) in [6, 6.07) is 11.3. The number of nitrogens with zero attached hydrogens (tertiary/aromatic N) is 4. The van der Waals surface area contributed by atoms with Crippen LogP contribution < -0.4 is 0 Å². The molecule has 0 spiro atoms. The molecule has 0 radical (unpaired) electrons. The third-order valence-electron chi connectivity index (χ3n) is 4.72. The Morgan fingerprint density at radius 3 is 2.63 bits per heavy atom.